The third-order valence-electron chi connectivity index (χ3n) is 3.46. The molecular weight excluding hydrogens is 201 g/mol. The van der Waals surface area contributed by atoms with Crippen LogP contribution in [-0.4, -0.2) is 24.0 Å². The van der Waals surface area contributed by atoms with Gasteiger partial charge in [-0.15, -0.1) is 0 Å². The second-order valence-electron chi connectivity index (χ2n) is 4.78. The molecule has 1 saturated heterocycles. The molecule has 0 N–H and O–H groups in total. The maximum absolute atomic E-state index is 12.8. The molecule has 1 nitrogen and oxygen atoms in total. The lowest BCUT2D eigenvalue weighted by Gasteiger charge is -2.32. The molecular formula is C14H20FN. The standard InChI is InChI=1S/C14H20FN/c1-12(16-9-3-2-4-10-16)11-13-5-7-14(15)8-6-13/h5-8,12H,2-4,9-11H2,1H3. The molecule has 0 aromatic heterocycles. The molecule has 16 heavy (non-hydrogen) atoms. The molecule has 1 heterocycles. The second-order valence-corrected chi connectivity index (χ2v) is 4.78. The number of hydrogen-bond donors (Lipinski definition) is 0. The molecule has 1 atom stereocenters. The van der Waals surface area contributed by atoms with Gasteiger partial charge in [-0.25, -0.2) is 4.39 Å². The molecule has 1 aromatic rings. The fourth-order valence-corrected chi connectivity index (χ4v) is 2.45. The molecule has 0 radical (unpaired) electrons. The molecule has 1 fully saturated rings. The van der Waals surface area contributed by atoms with Gasteiger partial charge in [0.2, 0.25) is 0 Å². The summed E-state index contributed by atoms with van der Waals surface area (Å²) in [5.41, 5.74) is 1.24. The molecule has 1 unspecified atom stereocenters. The molecule has 0 aliphatic carbocycles. The number of benzene rings is 1. The minimum atomic E-state index is -0.144. The first-order chi connectivity index (χ1) is 7.75. The molecule has 1 aliphatic rings. The van der Waals surface area contributed by atoms with Gasteiger partial charge in [-0.1, -0.05) is 18.6 Å². The highest BCUT2D eigenvalue weighted by atomic mass is 19.1. The summed E-state index contributed by atoms with van der Waals surface area (Å²) in [6.45, 7) is 4.72. The van der Waals surface area contributed by atoms with Crippen molar-refractivity contribution in [3.63, 3.8) is 0 Å². The van der Waals surface area contributed by atoms with Crippen molar-refractivity contribution in [1.29, 1.82) is 0 Å². The first kappa shape index (κ1) is 11.6. The van der Waals surface area contributed by atoms with E-state index in [1.54, 1.807) is 12.1 Å². The van der Waals surface area contributed by atoms with E-state index in [0.29, 0.717) is 6.04 Å². The lowest BCUT2D eigenvalue weighted by atomic mass is 10.0. The van der Waals surface area contributed by atoms with Gasteiger partial charge >= 0.3 is 0 Å². The van der Waals surface area contributed by atoms with Crippen molar-refractivity contribution in [3.05, 3.63) is 35.6 Å². The molecule has 1 aromatic carbocycles. The fraction of sp³-hybridized carbons (Fsp3) is 0.571. The van der Waals surface area contributed by atoms with Crippen LogP contribution in [0, 0.1) is 5.82 Å². The Labute approximate surface area is 97.3 Å². The molecule has 2 rings (SSSR count). The van der Waals surface area contributed by atoms with Crippen molar-refractivity contribution in [3.8, 4) is 0 Å². The summed E-state index contributed by atoms with van der Waals surface area (Å²) in [6, 6.07) is 7.48. The van der Waals surface area contributed by atoms with Gasteiger partial charge in [-0.3, -0.25) is 0 Å². The topological polar surface area (TPSA) is 3.24 Å². The predicted molar refractivity (Wildman–Crippen MR) is 65.0 cm³/mol. The van der Waals surface area contributed by atoms with Crippen molar-refractivity contribution in [2.75, 3.05) is 13.1 Å². The second kappa shape index (κ2) is 5.44. The first-order valence-electron chi connectivity index (χ1n) is 6.24. The largest absolute Gasteiger partial charge is 0.300 e. The van der Waals surface area contributed by atoms with Crippen LogP contribution >= 0.6 is 0 Å². The van der Waals surface area contributed by atoms with E-state index < -0.39 is 0 Å². The average molecular weight is 221 g/mol. The van der Waals surface area contributed by atoms with E-state index in [4.69, 9.17) is 0 Å². The van der Waals surface area contributed by atoms with Gasteiger partial charge in [0.1, 0.15) is 5.82 Å². The van der Waals surface area contributed by atoms with Crippen LogP contribution in [0.3, 0.4) is 0 Å². The quantitative estimate of drug-likeness (QED) is 0.757. The van der Waals surface area contributed by atoms with E-state index in [9.17, 15) is 4.39 Å². The molecule has 2 heteroatoms. The van der Waals surface area contributed by atoms with Crippen LogP contribution in [0.5, 0.6) is 0 Å². The van der Waals surface area contributed by atoms with Crippen molar-refractivity contribution in [1.82, 2.24) is 4.90 Å². The Bertz CT molecular complexity index is 314. The minimum absolute atomic E-state index is 0.144. The number of hydrogen-bond acceptors (Lipinski definition) is 1. The lowest BCUT2D eigenvalue weighted by Crippen LogP contribution is -2.38. The van der Waals surface area contributed by atoms with Gasteiger partial charge in [0.25, 0.3) is 0 Å². The minimum Gasteiger partial charge on any atom is -0.300 e. The molecule has 88 valence electrons. The number of likely N-dealkylation sites (tertiary alicyclic amines) is 1. The molecule has 0 spiro atoms. The van der Waals surface area contributed by atoms with Crippen molar-refractivity contribution < 1.29 is 4.39 Å². The van der Waals surface area contributed by atoms with Gasteiger partial charge in [0.05, 0.1) is 0 Å². The Balaban J connectivity index is 1.90. The third-order valence-corrected chi connectivity index (χ3v) is 3.46. The summed E-state index contributed by atoms with van der Waals surface area (Å²) >= 11 is 0. The van der Waals surface area contributed by atoms with Gasteiger partial charge in [-0.05, 0) is 57.0 Å². The normalized spacial score (nSPS) is 19.6. The van der Waals surface area contributed by atoms with Crippen LogP contribution in [0.2, 0.25) is 0 Å². The van der Waals surface area contributed by atoms with E-state index >= 15 is 0 Å². The van der Waals surface area contributed by atoms with Gasteiger partial charge < -0.3 is 4.90 Å². The zero-order chi connectivity index (χ0) is 11.4. The molecule has 1 aliphatic heterocycles. The highest BCUT2D eigenvalue weighted by molar-refractivity contribution is 5.17. The maximum atomic E-state index is 12.8. The van der Waals surface area contributed by atoms with Crippen LogP contribution < -0.4 is 0 Å². The summed E-state index contributed by atoms with van der Waals surface area (Å²) in [5, 5.41) is 0. The number of rotatable bonds is 3. The zero-order valence-corrected chi connectivity index (χ0v) is 9.95. The fourth-order valence-electron chi connectivity index (χ4n) is 2.45. The van der Waals surface area contributed by atoms with Crippen LogP contribution in [0.4, 0.5) is 4.39 Å². The molecule has 0 bridgehead atoms. The van der Waals surface area contributed by atoms with Crippen LogP contribution in [0.1, 0.15) is 31.7 Å². The number of halogens is 1. The monoisotopic (exact) mass is 221 g/mol. The van der Waals surface area contributed by atoms with Gasteiger partial charge in [0, 0.05) is 6.04 Å². The maximum Gasteiger partial charge on any atom is 0.123 e. The van der Waals surface area contributed by atoms with Gasteiger partial charge in [0.15, 0.2) is 0 Å². The van der Waals surface area contributed by atoms with Crippen molar-refractivity contribution in [2.45, 2.75) is 38.6 Å². The van der Waals surface area contributed by atoms with E-state index in [2.05, 4.69) is 11.8 Å². The SMILES string of the molecule is CC(Cc1ccc(F)cc1)N1CCCCC1. The highest BCUT2D eigenvalue weighted by Crippen LogP contribution is 2.15. The zero-order valence-electron chi connectivity index (χ0n) is 9.95. The van der Waals surface area contributed by atoms with Gasteiger partial charge in [-0.2, -0.15) is 0 Å². The van der Waals surface area contributed by atoms with Crippen LogP contribution in [0.25, 0.3) is 0 Å². The summed E-state index contributed by atoms with van der Waals surface area (Å²) in [4.78, 5) is 2.55. The van der Waals surface area contributed by atoms with E-state index in [-0.39, 0.29) is 5.82 Å². The summed E-state index contributed by atoms with van der Waals surface area (Å²) in [6.07, 6.45) is 5.06. The van der Waals surface area contributed by atoms with Crippen molar-refractivity contribution in [2.24, 2.45) is 0 Å². The average Bonchev–Trinajstić information content (AvgIpc) is 2.33. The van der Waals surface area contributed by atoms with Crippen LogP contribution in [-0.2, 0) is 6.42 Å². The lowest BCUT2D eigenvalue weighted by molar-refractivity contribution is 0.173. The highest BCUT2D eigenvalue weighted by Gasteiger charge is 2.16. The van der Waals surface area contributed by atoms with Crippen molar-refractivity contribution >= 4 is 0 Å². The Morgan fingerprint density at radius 3 is 2.38 bits per heavy atom. The Kier molecular flexibility index (Phi) is 3.94. The Morgan fingerprint density at radius 1 is 1.12 bits per heavy atom. The first-order valence-corrected chi connectivity index (χ1v) is 6.24. The molecule has 0 saturated carbocycles. The number of piperidine rings is 1. The summed E-state index contributed by atoms with van der Waals surface area (Å²) in [5.74, 6) is -0.144. The van der Waals surface area contributed by atoms with E-state index in [1.807, 2.05) is 12.1 Å². The smallest absolute Gasteiger partial charge is 0.123 e. The summed E-state index contributed by atoms with van der Waals surface area (Å²) in [7, 11) is 0. The Morgan fingerprint density at radius 2 is 1.75 bits per heavy atom. The van der Waals surface area contributed by atoms with Crippen LogP contribution in [0.15, 0.2) is 24.3 Å². The summed E-state index contributed by atoms with van der Waals surface area (Å²) < 4.78 is 12.8. The predicted octanol–water partition coefficient (Wildman–Crippen LogP) is 3.24. The van der Waals surface area contributed by atoms with E-state index in [0.717, 1.165) is 6.42 Å². The number of nitrogens with zero attached hydrogens (tertiary/aromatic N) is 1. The Hall–Kier alpha value is -0.890. The third kappa shape index (κ3) is 3.05. The molecule has 0 amide bonds. The van der Waals surface area contributed by atoms with E-state index in [1.165, 1.54) is 37.9 Å².